The predicted octanol–water partition coefficient (Wildman–Crippen LogP) is 2.85. The van der Waals surface area contributed by atoms with Crippen molar-refractivity contribution < 1.29 is 19.0 Å². The van der Waals surface area contributed by atoms with E-state index in [0.29, 0.717) is 12.2 Å². The molecule has 0 radical (unpaired) electrons. The van der Waals surface area contributed by atoms with Crippen LogP contribution in [0.4, 0.5) is 4.39 Å². The third kappa shape index (κ3) is 2.96. The van der Waals surface area contributed by atoms with Crippen molar-refractivity contribution >= 4 is 5.97 Å². The Balaban J connectivity index is 2.05. The molecular weight excluding hydrogens is 223 g/mol. The Morgan fingerprint density at radius 2 is 1.88 bits per heavy atom. The number of rotatable bonds is 3. The van der Waals surface area contributed by atoms with Crippen LogP contribution in [0.25, 0.3) is 0 Å². The summed E-state index contributed by atoms with van der Waals surface area (Å²) in [6.07, 6.45) is 3.01. The Labute approximate surface area is 99.2 Å². The van der Waals surface area contributed by atoms with Gasteiger partial charge in [-0.25, -0.2) is 4.39 Å². The number of hydrogen-bond donors (Lipinski definition) is 1. The highest BCUT2D eigenvalue weighted by molar-refractivity contribution is 5.70. The lowest BCUT2D eigenvalue weighted by Crippen LogP contribution is -2.35. The monoisotopic (exact) mass is 238 g/mol. The van der Waals surface area contributed by atoms with Gasteiger partial charge in [0.05, 0.1) is 5.92 Å². The smallest absolute Gasteiger partial charge is 0.310 e. The second-order valence-electron chi connectivity index (χ2n) is 4.34. The van der Waals surface area contributed by atoms with Crippen molar-refractivity contribution in [2.75, 3.05) is 0 Å². The number of aliphatic carboxylic acids is 1. The molecule has 0 bridgehead atoms. The third-order valence-corrected chi connectivity index (χ3v) is 3.12. The fraction of sp³-hybridized carbons (Fsp3) is 0.462. The molecule has 1 fully saturated rings. The number of hydrogen-bond acceptors (Lipinski definition) is 2. The molecule has 1 saturated carbocycles. The van der Waals surface area contributed by atoms with E-state index in [2.05, 4.69) is 0 Å². The fourth-order valence-corrected chi connectivity index (χ4v) is 2.21. The first kappa shape index (κ1) is 11.9. The standard InChI is InChI=1S/C13H15FO3/c14-9-5-7-10(8-6-9)17-12-4-2-1-3-11(12)13(15)16/h5-8,11-12H,1-4H2,(H,15,16). The van der Waals surface area contributed by atoms with Crippen molar-refractivity contribution in [3.05, 3.63) is 30.1 Å². The van der Waals surface area contributed by atoms with Gasteiger partial charge in [0, 0.05) is 0 Å². The van der Waals surface area contributed by atoms with Gasteiger partial charge in [0.25, 0.3) is 0 Å². The minimum absolute atomic E-state index is 0.299. The van der Waals surface area contributed by atoms with E-state index in [1.807, 2.05) is 0 Å². The van der Waals surface area contributed by atoms with Gasteiger partial charge >= 0.3 is 5.97 Å². The zero-order chi connectivity index (χ0) is 12.3. The largest absolute Gasteiger partial charge is 0.490 e. The number of ether oxygens (including phenoxy) is 1. The van der Waals surface area contributed by atoms with Crippen LogP contribution in [0.2, 0.25) is 0 Å². The van der Waals surface area contributed by atoms with Crippen LogP contribution in [0.3, 0.4) is 0 Å². The molecular formula is C13H15FO3. The molecule has 4 heteroatoms. The molecule has 1 aromatic carbocycles. The summed E-state index contributed by atoms with van der Waals surface area (Å²) >= 11 is 0. The summed E-state index contributed by atoms with van der Waals surface area (Å²) in [6, 6.07) is 5.69. The van der Waals surface area contributed by atoms with Gasteiger partial charge in [-0.15, -0.1) is 0 Å². The van der Waals surface area contributed by atoms with E-state index in [1.165, 1.54) is 24.3 Å². The summed E-state index contributed by atoms with van der Waals surface area (Å²) < 4.78 is 18.4. The lowest BCUT2D eigenvalue weighted by molar-refractivity contribution is -0.146. The highest BCUT2D eigenvalue weighted by Crippen LogP contribution is 2.28. The molecule has 1 aromatic rings. The van der Waals surface area contributed by atoms with Crippen molar-refractivity contribution in [1.82, 2.24) is 0 Å². The molecule has 0 saturated heterocycles. The van der Waals surface area contributed by atoms with E-state index in [4.69, 9.17) is 9.84 Å². The van der Waals surface area contributed by atoms with Crippen LogP contribution in [-0.2, 0) is 4.79 Å². The number of benzene rings is 1. The van der Waals surface area contributed by atoms with Crippen molar-refractivity contribution in [1.29, 1.82) is 0 Å². The zero-order valence-corrected chi connectivity index (χ0v) is 9.43. The second kappa shape index (κ2) is 5.17. The Hall–Kier alpha value is -1.58. The average Bonchev–Trinajstić information content (AvgIpc) is 2.32. The molecule has 0 spiro atoms. The molecule has 92 valence electrons. The SMILES string of the molecule is O=C(O)C1CCCCC1Oc1ccc(F)cc1. The number of carboxylic acid groups (broad SMARTS) is 1. The summed E-state index contributed by atoms with van der Waals surface area (Å²) in [5, 5.41) is 9.09. The summed E-state index contributed by atoms with van der Waals surface area (Å²) in [4.78, 5) is 11.1. The Bertz CT molecular complexity index is 388. The third-order valence-electron chi connectivity index (χ3n) is 3.12. The van der Waals surface area contributed by atoms with E-state index >= 15 is 0 Å². The van der Waals surface area contributed by atoms with E-state index in [9.17, 15) is 9.18 Å². The first-order chi connectivity index (χ1) is 8.16. The van der Waals surface area contributed by atoms with Crippen LogP contribution in [0.15, 0.2) is 24.3 Å². The van der Waals surface area contributed by atoms with Crippen molar-refractivity contribution in [3.63, 3.8) is 0 Å². The minimum Gasteiger partial charge on any atom is -0.490 e. The summed E-state index contributed by atoms with van der Waals surface area (Å²) in [7, 11) is 0. The average molecular weight is 238 g/mol. The van der Waals surface area contributed by atoms with Crippen LogP contribution in [-0.4, -0.2) is 17.2 Å². The van der Waals surface area contributed by atoms with Gasteiger partial charge in [0.15, 0.2) is 0 Å². The molecule has 17 heavy (non-hydrogen) atoms. The molecule has 1 N–H and O–H groups in total. The van der Waals surface area contributed by atoms with Crippen molar-refractivity contribution in [2.24, 2.45) is 5.92 Å². The first-order valence-electron chi connectivity index (χ1n) is 5.82. The van der Waals surface area contributed by atoms with Gasteiger partial charge < -0.3 is 9.84 Å². The van der Waals surface area contributed by atoms with Crippen LogP contribution in [0, 0.1) is 11.7 Å². The van der Waals surface area contributed by atoms with Gasteiger partial charge in [-0.3, -0.25) is 4.79 Å². The minimum atomic E-state index is -0.809. The number of carbonyl (C=O) groups is 1. The summed E-state index contributed by atoms with van der Waals surface area (Å²) in [5.41, 5.74) is 0. The molecule has 1 aliphatic rings. The summed E-state index contributed by atoms with van der Waals surface area (Å²) in [5.74, 6) is -1.05. The lowest BCUT2D eigenvalue weighted by atomic mass is 9.86. The van der Waals surface area contributed by atoms with E-state index in [-0.39, 0.29) is 11.9 Å². The fourth-order valence-electron chi connectivity index (χ4n) is 2.21. The highest BCUT2D eigenvalue weighted by Gasteiger charge is 2.32. The van der Waals surface area contributed by atoms with Crippen LogP contribution < -0.4 is 4.74 Å². The Kier molecular flexibility index (Phi) is 3.61. The maximum Gasteiger partial charge on any atom is 0.310 e. The maximum atomic E-state index is 12.7. The molecule has 0 heterocycles. The van der Waals surface area contributed by atoms with Crippen LogP contribution >= 0.6 is 0 Å². The molecule has 0 aliphatic heterocycles. The zero-order valence-electron chi connectivity index (χ0n) is 9.43. The molecule has 3 nitrogen and oxygen atoms in total. The van der Waals surface area contributed by atoms with Gasteiger partial charge in [-0.05, 0) is 43.5 Å². The van der Waals surface area contributed by atoms with Crippen molar-refractivity contribution in [3.8, 4) is 5.75 Å². The maximum absolute atomic E-state index is 12.7. The van der Waals surface area contributed by atoms with E-state index < -0.39 is 11.9 Å². The first-order valence-corrected chi connectivity index (χ1v) is 5.82. The van der Waals surface area contributed by atoms with Gasteiger partial charge in [-0.1, -0.05) is 6.42 Å². The molecule has 2 rings (SSSR count). The molecule has 1 aliphatic carbocycles. The highest BCUT2D eigenvalue weighted by atomic mass is 19.1. The van der Waals surface area contributed by atoms with Gasteiger partial charge in [0.1, 0.15) is 17.7 Å². The predicted molar refractivity (Wildman–Crippen MR) is 60.4 cm³/mol. The van der Waals surface area contributed by atoms with Gasteiger partial charge in [0.2, 0.25) is 0 Å². The van der Waals surface area contributed by atoms with Crippen LogP contribution in [0.1, 0.15) is 25.7 Å². The number of carboxylic acids is 1. The lowest BCUT2D eigenvalue weighted by Gasteiger charge is -2.29. The molecule has 0 amide bonds. The molecule has 2 unspecified atom stereocenters. The summed E-state index contributed by atoms with van der Waals surface area (Å²) in [6.45, 7) is 0. The second-order valence-corrected chi connectivity index (χ2v) is 4.34. The van der Waals surface area contributed by atoms with Gasteiger partial charge in [-0.2, -0.15) is 0 Å². The van der Waals surface area contributed by atoms with Crippen molar-refractivity contribution in [2.45, 2.75) is 31.8 Å². The quantitative estimate of drug-likeness (QED) is 0.880. The van der Waals surface area contributed by atoms with E-state index in [1.54, 1.807) is 0 Å². The number of halogens is 1. The Morgan fingerprint density at radius 3 is 2.53 bits per heavy atom. The van der Waals surface area contributed by atoms with E-state index in [0.717, 1.165) is 19.3 Å². The molecule has 2 atom stereocenters. The normalized spacial score (nSPS) is 24.3. The van der Waals surface area contributed by atoms with Crippen LogP contribution in [0.5, 0.6) is 5.75 Å². The Morgan fingerprint density at radius 1 is 1.24 bits per heavy atom. The topological polar surface area (TPSA) is 46.5 Å². The molecule has 0 aromatic heterocycles.